The molecular formula is C25H31ClFN5O4. The van der Waals surface area contributed by atoms with Gasteiger partial charge in [-0.2, -0.15) is 0 Å². The first-order valence-corrected chi connectivity index (χ1v) is 12.5. The lowest BCUT2D eigenvalue weighted by Gasteiger charge is -2.37. The van der Waals surface area contributed by atoms with E-state index in [4.69, 9.17) is 21.1 Å². The first-order chi connectivity index (χ1) is 16.9. The van der Waals surface area contributed by atoms with Crippen molar-refractivity contribution < 1.29 is 24.1 Å². The minimum Gasteiger partial charge on any atom is -0.388 e. The maximum atomic E-state index is 15.3. The fraction of sp³-hybridized carbons (Fsp3) is 0.560. The van der Waals surface area contributed by atoms with Crippen LogP contribution in [-0.4, -0.2) is 60.4 Å². The van der Waals surface area contributed by atoms with Gasteiger partial charge in [0, 0.05) is 17.5 Å². The van der Waals surface area contributed by atoms with Gasteiger partial charge in [0.2, 0.25) is 5.95 Å². The summed E-state index contributed by atoms with van der Waals surface area (Å²) < 4.78 is 28.7. The number of hydrogen-bond acceptors (Lipinski definition) is 8. The van der Waals surface area contributed by atoms with Gasteiger partial charge in [0.05, 0.1) is 34.6 Å². The Hall–Kier alpha value is -2.37. The summed E-state index contributed by atoms with van der Waals surface area (Å²) in [6, 6.07) is 2.60. The number of hydrogen-bond donors (Lipinski definition) is 3. The van der Waals surface area contributed by atoms with Crippen LogP contribution in [0.3, 0.4) is 0 Å². The topological polar surface area (TPSA) is 115 Å². The molecule has 0 aliphatic carbocycles. The molecule has 4 heterocycles. The van der Waals surface area contributed by atoms with Crippen LogP contribution < -0.4 is 5.32 Å². The highest BCUT2D eigenvalue weighted by Crippen LogP contribution is 2.38. The number of anilines is 1. The smallest absolute Gasteiger partial charge is 0.223 e. The van der Waals surface area contributed by atoms with Gasteiger partial charge in [-0.1, -0.05) is 18.5 Å². The average molecular weight is 520 g/mol. The Morgan fingerprint density at radius 1 is 1.19 bits per heavy atom. The van der Waals surface area contributed by atoms with Crippen molar-refractivity contribution in [2.75, 3.05) is 5.32 Å². The molecule has 1 aromatic carbocycles. The van der Waals surface area contributed by atoms with Crippen LogP contribution in [0.25, 0.3) is 22.3 Å². The minimum absolute atomic E-state index is 0.0827. The predicted molar refractivity (Wildman–Crippen MR) is 133 cm³/mol. The van der Waals surface area contributed by atoms with Crippen molar-refractivity contribution in [3.63, 3.8) is 0 Å². The zero-order chi connectivity index (χ0) is 26.1. The molecule has 5 rings (SSSR count). The van der Waals surface area contributed by atoms with Crippen molar-refractivity contribution in [1.29, 1.82) is 0 Å². The van der Waals surface area contributed by atoms with E-state index < -0.39 is 36.0 Å². The highest BCUT2D eigenvalue weighted by molar-refractivity contribution is 6.33. The number of aliphatic hydroxyl groups excluding tert-OH is 1. The van der Waals surface area contributed by atoms with E-state index in [1.54, 1.807) is 19.9 Å². The number of rotatable bonds is 5. The van der Waals surface area contributed by atoms with Gasteiger partial charge in [-0.05, 0) is 46.8 Å². The number of aromatic nitrogens is 4. The molecule has 2 fully saturated rings. The molecule has 0 radical (unpaired) electrons. The molecule has 194 valence electrons. The van der Waals surface area contributed by atoms with E-state index in [0.29, 0.717) is 22.6 Å². The Labute approximate surface area is 213 Å². The van der Waals surface area contributed by atoms with Crippen LogP contribution >= 0.6 is 11.6 Å². The number of aliphatic hydroxyl groups is 2. The molecule has 9 nitrogen and oxygen atoms in total. The highest BCUT2D eigenvalue weighted by atomic mass is 35.5. The van der Waals surface area contributed by atoms with E-state index in [0.717, 1.165) is 0 Å². The Balaban J connectivity index is 1.55. The molecule has 0 unspecified atom stereocenters. The molecule has 6 atom stereocenters. The summed E-state index contributed by atoms with van der Waals surface area (Å²) in [4.78, 5) is 13.3. The molecule has 2 aliphatic rings. The molecular weight excluding hydrogens is 489 g/mol. The second-order valence-electron chi connectivity index (χ2n) is 10.5. The van der Waals surface area contributed by atoms with E-state index in [1.165, 1.54) is 12.3 Å². The van der Waals surface area contributed by atoms with Crippen molar-refractivity contribution >= 4 is 28.6 Å². The van der Waals surface area contributed by atoms with Gasteiger partial charge in [-0.15, -0.1) is 0 Å². The summed E-state index contributed by atoms with van der Waals surface area (Å²) >= 11 is 6.46. The number of halogens is 2. The average Bonchev–Trinajstić information content (AvgIpc) is 3.36. The van der Waals surface area contributed by atoms with Gasteiger partial charge in [0.1, 0.15) is 29.2 Å². The molecule has 2 aliphatic heterocycles. The van der Waals surface area contributed by atoms with Crippen LogP contribution in [0.5, 0.6) is 0 Å². The van der Waals surface area contributed by atoms with Gasteiger partial charge in [0.15, 0.2) is 12.1 Å². The summed E-state index contributed by atoms with van der Waals surface area (Å²) in [7, 11) is 0. The van der Waals surface area contributed by atoms with E-state index in [2.05, 4.69) is 20.3 Å². The molecule has 3 N–H and O–H groups in total. The number of fused-ring (bicyclic) bond motifs is 3. The molecule has 36 heavy (non-hydrogen) atoms. The fourth-order valence-corrected chi connectivity index (χ4v) is 5.33. The second kappa shape index (κ2) is 8.88. The van der Waals surface area contributed by atoms with Crippen molar-refractivity contribution in [1.82, 2.24) is 19.5 Å². The largest absolute Gasteiger partial charge is 0.388 e. The molecule has 2 saturated heterocycles. The molecule has 0 amide bonds. The Kier molecular flexibility index (Phi) is 6.24. The Morgan fingerprint density at radius 3 is 2.58 bits per heavy atom. The summed E-state index contributed by atoms with van der Waals surface area (Å²) in [6.07, 6.45) is -0.495. The fourth-order valence-electron chi connectivity index (χ4n) is 5.13. The number of benzene rings is 1. The van der Waals surface area contributed by atoms with Crippen molar-refractivity contribution in [3.05, 3.63) is 35.0 Å². The molecule has 2 bridgehead atoms. The maximum Gasteiger partial charge on any atom is 0.223 e. The first kappa shape index (κ1) is 25.3. The van der Waals surface area contributed by atoms with Crippen molar-refractivity contribution in [2.24, 2.45) is 5.92 Å². The zero-order valence-corrected chi connectivity index (χ0v) is 21.8. The first-order valence-electron chi connectivity index (χ1n) is 12.1. The molecule has 11 heteroatoms. The van der Waals surface area contributed by atoms with Crippen molar-refractivity contribution in [2.45, 2.75) is 83.8 Å². The second-order valence-corrected chi connectivity index (χ2v) is 10.9. The van der Waals surface area contributed by atoms with Gasteiger partial charge in [-0.25, -0.2) is 19.3 Å². The lowest BCUT2D eigenvalue weighted by Crippen LogP contribution is -2.54. The van der Waals surface area contributed by atoms with Crippen LogP contribution in [0.15, 0.2) is 18.3 Å². The molecule has 0 spiro atoms. The number of imidazole rings is 1. The van der Waals surface area contributed by atoms with Crippen molar-refractivity contribution in [3.8, 4) is 11.3 Å². The maximum absolute atomic E-state index is 15.3. The summed E-state index contributed by atoms with van der Waals surface area (Å²) in [5.41, 5.74) is 0.200. The quantitative estimate of drug-likeness (QED) is 0.463. The van der Waals surface area contributed by atoms with Crippen LogP contribution in [0, 0.1) is 11.7 Å². The Bertz CT molecular complexity index is 1310. The van der Waals surface area contributed by atoms with Crippen LogP contribution in [0.4, 0.5) is 10.3 Å². The molecule has 3 aromatic rings. The lowest BCUT2D eigenvalue weighted by molar-refractivity contribution is -0.155. The predicted octanol–water partition coefficient (Wildman–Crippen LogP) is 4.02. The SMILES string of the molecule is CC(C)n1c(C(C)(C)O)nc2c(F)cc(-c3nc(N[C@@H]4[C@@H](C)[C@@H]5O[C@H]([C@H]4O)[C@@H](C)O5)ncc3Cl)cc21. The van der Waals surface area contributed by atoms with Gasteiger partial charge < -0.3 is 29.6 Å². The molecule has 0 saturated carbocycles. The van der Waals surface area contributed by atoms with Gasteiger partial charge in [0.25, 0.3) is 0 Å². The number of nitrogens with one attached hydrogen (secondary N) is 1. The van der Waals surface area contributed by atoms with Crippen LogP contribution in [-0.2, 0) is 15.1 Å². The third-order valence-corrected chi connectivity index (χ3v) is 7.21. The summed E-state index contributed by atoms with van der Waals surface area (Å²) in [5.74, 6) is -0.103. The van der Waals surface area contributed by atoms with Crippen LogP contribution in [0.1, 0.15) is 53.4 Å². The Morgan fingerprint density at radius 2 is 1.92 bits per heavy atom. The number of ether oxygens (including phenoxy) is 2. The van der Waals surface area contributed by atoms with E-state index in [1.807, 2.05) is 32.3 Å². The normalized spacial score (nSPS) is 28.3. The zero-order valence-electron chi connectivity index (χ0n) is 21.0. The summed E-state index contributed by atoms with van der Waals surface area (Å²) in [5, 5.41) is 25.0. The van der Waals surface area contributed by atoms with E-state index >= 15 is 4.39 Å². The lowest BCUT2D eigenvalue weighted by atomic mass is 9.90. The van der Waals surface area contributed by atoms with Gasteiger partial charge in [-0.3, -0.25) is 0 Å². The van der Waals surface area contributed by atoms with Gasteiger partial charge >= 0.3 is 0 Å². The van der Waals surface area contributed by atoms with E-state index in [9.17, 15) is 10.2 Å². The van der Waals surface area contributed by atoms with Crippen LogP contribution in [0.2, 0.25) is 5.02 Å². The highest BCUT2D eigenvalue weighted by Gasteiger charge is 2.51. The minimum atomic E-state index is -1.26. The standard InChI is InChI=1S/C25H31ClFN5O4/c1-10(2)32-16-8-13(7-15(27)19(16)29-23(32)25(5,6)34)18-14(26)9-28-24(31-18)30-17-11(3)22-35-12(4)21(36-22)20(17)33/h7-12,17,20-22,33-34H,1-6H3,(H,28,30,31)/t11-,12-,17-,20+,21+,22+/m1/s1. The monoisotopic (exact) mass is 519 g/mol. The number of nitrogens with zero attached hydrogens (tertiary/aromatic N) is 4. The third-order valence-electron chi connectivity index (χ3n) is 6.93. The summed E-state index contributed by atoms with van der Waals surface area (Å²) in [6.45, 7) is 10.9. The van der Waals surface area contributed by atoms with E-state index in [-0.39, 0.29) is 34.6 Å². The third kappa shape index (κ3) is 4.14. The molecule has 2 aromatic heterocycles.